The Morgan fingerprint density at radius 3 is 2.42 bits per heavy atom. The molecule has 26 heavy (non-hydrogen) atoms. The molecule has 2 aromatic carbocycles. The van der Waals surface area contributed by atoms with Crippen molar-refractivity contribution in [3.63, 3.8) is 0 Å². The average Bonchev–Trinajstić information content (AvgIpc) is 2.75. The second kappa shape index (κ2) is 7.02. The Morgan fingerprint density at radius 2 is 1.81 bits per heavy atom. The molecule has 1 aliphatic rings. The summed E-state index contributed by atoms with van der Waals surface area (Å²) in [6.45, 7) is 1.35. The predicted octanol–water partition coefficient (Wildman–Crippen LogP) is 5.01. The Balaban J connectivity index is 2.13. The molecular weight excluding hydrogens is 420 g/mol. The molecule has 0 spiro atoms. The molecule has 1 aliphatic heterocycles. The van der Waals surface area contributed by atoms with Crippen molar-refractivity contribution in [2.45, 2.75) is 25.5 Å². The van der Waals surface area contributed by atoms with Crippen LogP contribution in [0.5, 0.6) is 0 Å². The zero-order valence-corrected chi connectivity index (χ0v) is 16.5. The van der Waals surface area contributed by atoms with E-state index in [2.05, 4.69) is 0 Å². The number of Topliss-reactive ketones (excluding diaryl/α,β-unsaturated/α-hetero) is 1. The Kier molecular flexibility index (Phi) is 5.26. The topological polar surface area (TPSA) is 57.6 Å². The molecule has 1 atom stereocenters. The molecule has 1 unspecified atom stereocenters. The van der Waals surface area contributed by atoms with Gasteiger partial charge in [-0.3, -0.25) is 9.59 Å². The lowest BCUT2D eigenvalue weighted by molar-refractivity contribution is -0.141. The maximum Gasteiger partial charge on any atom is 0.264 e. The number of aliphatic hydroxyl groups is 1. The van der Waals surface area contributed by atoms with Gasteiger partial charge in [0.1, 0.15) is 5.78 Å². The van der Waals surface area contributed by atoms with Gasteiger partial charge in [0, 0.05) is 22.0 Å². The van der Waals surface area contributed by atoms with Crippen LogP contribution in [0.2, 0.25) is 20.1 Å². The van der Waals surface area contributed by atoms with Gasteiger partial charge in [-0.1, -0.05) is 58.5 Å². The minimum atomic E-state index is -1.99. The first kappa shape index (κ1) is 19.5. The predicted molar refractivity (Wildman–Crippen MR) is 103 cm³/mol. The smallest absolute Gasteiger partial charge is 0.264 e. The first-order chi connectivity index (χ1) is 12.1. The molecule has 0 fully saturated rings. The van der Waals surface area contributed by atoms with Crippen LogP contribution in [0.4, 0.5) is 5.69 Å². The summed E-state index contributed by atoms with van der Waals surface area (Å²) in [6.07, 6.45) is -0.359. The van der Waals surface area contributed by atoms with Crippen molar-refractivity contribution < 1.29 is 14.7 Å². The fraction of sp³-hybridized carbons (Fsp3) is 0.222. The highest BCUT2D eigenvalue weighted by Gasteiger charge is 2.51. The van der Waals surface area contributed by atoms with E-state index < -0.39 is 11.5 Å². The highest BCUT2D eigenvalue weighted by molar-refractivity contribution is 6.44. The summed E-state index contributed by atoms with van der Waals surface area (Å²) < 4.78 is 0. The van der Waals surface area contributed by atoms with Gasteiger partial charge in [-0.05, 0) is 30.7 Å². The number of anilines is 1. The lowest BCUT2D eigenvalue weighted by Gasteiger charge is -2.22. The van der Waals surface area contributed by atoms with E-state index >= 15 is 0 Å². The summed E-state index contributed by atoms with van der Waals surface area (Å²) in [5.41, 5.74) is -0.858. The van der Waals surface area contributed by atoms with Gasteiger partial charge in [0.15, 0.2) is 5.60 Å². The lowest BCUT2D eigenvalue weighted by Crippen LogP contribution is -2.41. The monoisotopic (exact) mass is 431 g/mol. The molecule has 1 N–H and O–H groups in total. The maximum atomic E-state index is 13.0. The van der Waals surface area contributed by atoms with Crippen LogP contribution in [-0.4, -0.2) is 16.8 Å². The summed E-state index contributed by atoms with van der Waals surface area (Å²) in [5, 5.41) is 12.2. The Bertz CT molecular complexity index is 931. The number of rotatable bonds is 4. The van der Waals surface area contributed by atoms with Crippen LogP contribution in [0.1, 0.15) is 24.5 Å². The molecule has 2 aromatic rings. The van der Waals surface area contributed by atoms with Gasteiger partial charge in [-0.15, -0.1) is 0 Å². The largest absolute Gasteiger partial charge is 0.375 e. The van der Waals surface area contributed by atoms with Gasteiger partial charge in [0.25, 0.3) is 5.91 Å². The fourth-order valence-corrected chi connectivity index (χ4v) is 3.97. The molecule has 3 rings (SSSR count). The van der Waals surface area contributed by atoms with Gasteiger partial charge in [-0.25, -0.2) is 0 Å². The van der Waals surface area contributed by atoms with Crippen LogP contribution < -0.4 is 4.90 Å². The van der Waals surface area contributed by atoms with Crippen molar-refractivity contribution in [1.82, 2.24) is 0 Å². The Hall–Kier alpha value is -1.30. The summed E-state index contributed by atoms with van der Waals surface area (Å²) in [5.74, 6) is -0.984. The van der Waals surface area contributed by atoms with Crippen molar-refractivity contribution in [1.29, 1.82) is 0 Å². The van der Waals surface area contributed by atoms with Crippen molar-refractivity contribution in [2.75, 3.05) is 4.90 Å². The molecule has 0 aromatic heterocycles. The minimum Gasteiger partial charge on any atom is -0.375 e. The number of carbonyl (C=O) groups excluding carboxylic acids is 2. The molecule has 4 nitrogen and oxygen atoms in total. The molecule has 0 aliphatic carbocycles. The standard InChI is InChI=1S/C18H13Cl4NO3/c1-9(24)7-18(26)12-4-5-13(20)15(22)16(12)23(17(18)25)8-10-2-3-11(19)6-14(10)21/h2-6,26H,7-8H2,1H3. The van der Waals surface area contributed by atoms with Crippen molar-refractivity contribution in [2.24, 2.45) is 0 Å². The van der Waals surface area contributed by atoms with Crippen LogP contribution in [-0.2, 0) is 21.7 Å². The van der Waals surface area contributed by atoms with Gasteiger partial charge < -0.3 is 10.0 Å². The number of carbonyl (C=O) groups is 2. The summed E-state index contributed by atoms with van der Waals surface area (Å²) in [6, 6.07) is 7.87. The molecular formula is C18H13Cl4NO3. The lowest BCUT2D eigenvalue weighted by atomic mass is 9.90. The van der Waals surface area contributed by atoms with E-state index in [-0.39, 0.29) is 40.0 Å². The van der Waals surface area contributed by atoms with Gasteiger partial charge in [0.05, 0.1) is 22.3 Å². The quantitative estimate of drug-likeness (QED) is 0.738. The van der Waals surface area contributed by atoms with Crippen molar-refractivity contribution in [3.8, 4) is 0 Å². The second-order valence-corrected chi connectivity index (χ2v) is 7.75. The molecule has 0 radical (unpaired) electrons. The van der Waals surface area contributed by atoms with Crippen LogP contribution in [0.3, 0.4) is 0 Å². The van der Waals surface area contributed by atoms with Gasteiger partial charge >= 0.3 is 0 Å². The Labute approximate surface area is 170 Å². The summed E-state index contributed by atoms with van der Waals surface area (Å²) in [4.78, 5) is 26.0. The van der Waals surface area contributed by atoms with Crippen LogP contribution in [0.15, 0.2) is 30.3 Å². The van der Waals surface area contributed by atoms with Gasteiger partial charge in [0.2, 0.25) is 0 Å². The number of hydrogen-bond acceptors (Lipinski definition) is 3. The molecule has 1 amide bonds. The first-order valence-electron chi connectivity index (χ1n) is 7.61. The van der Waals surface area contributed by atoms with E-state index in [0.29, 0.717) is 15.6 Å². The number of nitrogens with zero attached hydrogens (tertiary/aromatic N) is 1. The number of amides is 1. The third kappa shape index (κ3) is 3.21. The molecule has 0 saturated carbocycles. The van der Waals surface area contributed by atoms with Gasteiger partial charge in [-0.2, -0.15) is 0 Å². The highest BCUT2D eigenvalue weighted by atomic mass is 35.5. The first-order valence-corrected chi connectivity index (χ1v) is 9.12. The molecule has 8 heteroatoms. The van der Waals surface area contributed by atoms with E-state index in [1.54, 1.807) is 18.2 Å². The summed E-state index contributed by atoms with van der Waals surface area (Å²) in [7, 11) is 0. The average molecular weight is 433 g/mol. The summed E-state index contributed by atoms with van der Waals surface area (Å²) >= 11 is 24.5. The SMILES string of the molecule is CC(=O)CC1(O)C(=O)N(Cc2ccc(Cl)cc2Cl)c2c1ccc(Cl)c2Cl. The number of fused-ring (bicyclic) bond motifs is 1. The van der Waals surface area contributed by atoms with Crippen LogP contribution in [0.25, 0.3) is 0 Å². The number of hydrogen-bond donors (Lipinski definition) is 1. The van der Waals surface area contributed by atoms with E-state index in [1.165, 1.54) is 24.0 Å². The number of halogens is 4. The minimum absolute atomic E-state index is 0.0438. The molecule has 0 bridgehead atoms. The van der Waals surface area contributed by atoms with Crippen LogP contribution >= 0.6 is 46.4 Å². The van der Waals surface area contributed by atoms with E-state index in [4.69, 9.17) is 46.4 Å². The van der Waals surface area contributed by atoms with E-state index in [1.807, 2.05) is 0 Å². The van der Waals surface area contributed by atoms with E-state index in [0.717, 1.165) is 0 Å². The Morgan fingerprint density at radius 1 is 1.12 bits per heavy atom. The zero-order valence-electron chi connectivity index (χ0n) is 13.5. The fourth-order valence-electron chi connectivity index (χ4n) is 3.08. The third-order valence-electron chi connectivity index (χ3n) is 4.23. The maximum absolute atomic E-state index is 13.0. The second-order valence-electron chi connectivity index (χ2n) is 6.12. The molecule has 0 saturated heterocycles. The zero-order chi connectivity index (χ0) is 19.2. The van der Waals surface area contributed by atoms with E-state index in [9.17, 15) is 14.7 Å². The highest BCUT2D eigenvalue weighted by Crippen LogP contribution is 2.49. The molecule has 136 valence electrons. The van der Waals surface area contributed by atoms with Crippen LogP contribution in [0, 0.1) is 0 Å². The number of ketones is 1. The third-order valence-corrected chi connectivity index (χ3v) is 5.61. The number of benzene rings is 2. The normalized spacial score (nSPS) is 19.0. The van der Waals surface area contributed by atoms with Crippen molar-refractivity contribution in [3.05, 3.63) is 61.5 Å². The molecule has 1 heterocycles. The van der Waals surface area contributed by atoms with Crippen molar-refractivity contribution >= 4 is 63.8 Å².